The number of nitrogens with zero attached hydrogens (tertiary/aromatic N) is 2. The molecule has 51 heavy (non-hydrogen) atoms. The van der Waals surface area contributed by atoms with E-state index in [0.29, 0.717) is 0 Å². The van der Waals surface area contributed by atoms with Crippen LogP contribution in [-0.2, 0) is 19.5 Å². The molecule has 1 aromatic rings. The van der Waals surface area contributed by atoms with Crippen LogP contribution in [0.15, 0.2) is 12.4 Å². The van der Waals surface area contributed by atoms with Gasteiger partial charge in [0.25, 0.3) is 5.82 Å². The minimum atomic E-state index is 1.23. The quantitative estimate of drug-likeness (QED) is 0.0471. The molecule has 302 valence electrons. The third-order valence-corrected chi connectivity index (χ3v) is 11.8. The molecular weight excluding hydrogens is 617 g/mol. The Balaban J connectivity index is 2.23. The number of rotatable bonds is 43. The van der Waals surface area contributed by atoms with Gasteiger partial charge in [0.05, 0.1) is 13.1 Å². The molecule has 0 amide bonds. The van der Waals surface area contributed by atoms with Gasteiger partial charge in [-0.05, 0) is 32.1 Å². The number of hydrogen-bond donors (Lipinski definition) is 0. The Morgan fingerprint density at radius 3 is 0.941 bits per heavy atom. The molecule has 2 heteroatoms. The van der Waals surface area contributed by atoms with Crippen LogP contribution in [0.3, 0.4) is 0 Å². The molecule has 0 radical (unpaired) electrons. The van der Waals surface area contributed by atoms with E-state index >= 15 is 0 Å². The van der Waals surface area contributed by atoms with Gasteiger partial charge in [0.1, 0.15) is 12.4 Å². The van der Waals surface area contributed by atoms with E-state index in [0.717, 1.165) is 0 Å². The maximum Gasteiger partial charge on any atom is 0.256 e. The second kappa shape index (κ2) is 40.4. The van der Waals surface area contributed by atoms with Crippen LogP contribution in [0.2, 0.25) is 0 Å². The number of unbranched alkanes of at least 4 members (excludes halogenated alkanes) is 37. The SMILES string of the molecule is CCCCCCCCCCCCCCCCCCn1cc[n+](CCCCCCCCCCC)c1CCCCCCCCCCCCCCCCC. The van der Waals surface area contributed by atoms with Crippen molar-refractivity contribution in [3.8, 4) is 0 Å². The molecular formula is C49H97N2+. The molecule has 0 spiro atoms. The monoisotopic (exact) mass is 714 g/mol. The zero-order valence-electron chi connectivity index (χ0n) is 36.0. The number of imidazole rings is 1. The normalized spacial score (nSPS) is 11.7. The third-order valence-electron chi connectivity index (χ3n) is 11.8. The van der Waals surface area contributed by atoms with Crippen LogP contribution in [0, 0.1) is 0 Å². The zero-order chi connectivity index (χ0) is 36.6. The van der Waals surface area contributed by atoms with Gasteiger partial charge >= 0.3 is 0 Å². The predicted octanol–water partition coefficient (Wildman–Crippen LogP) is 17.0. The Kier molecular flexibility index (Phi) is 38.2. The molecule has 1 rings (SSSR count). The number of hydrogen-bond acceptors (Lipinski definition) is 0. The second-order valence-corrected chi connectivity index (χ2v) is 16.9. The molecule has 0 aromatic carbocycles. The summed E-state index contributed by atoms with van der Waals surface area (Å²) in [5.74, 6) is 1.63. The third kappa shape index (κ3) is 32.4. The fraction of sp³-hybridized carbons (Fsp3) is 0.939. The van der Waals surface area contributed by atoms with Crippen molar-refractivity contribution in [2.45, 2.75) is 297 Å². The average molecular weight is 714 g/mol. The summed E-state index contributed by atoms with van der Waals surface area (Å²) in [6.07, 6.45) is 63.8. The van der Waals surface area contributed by atoms with Crippen LogP contribution in [0.25, 0.3) is 0 Å². The van der Waals surface area contributed by atoms with E-state index in [9.17, 15) is 0 Å². The van der Waals surface area contributed by atoms with Gasteiger partial charge in [-0.1, -0.05) is 245 Å². The van der Waals surface area contributed by atoms with E-state index in [4.69, 9.17) is 0 Å². The highest BCUT2D eigenvalue weighted by atomic mass is 15.1. The molecule has 2 nitrogen and oxygen atoms in total. The molecule has 0 aliphatic carbocycles. The van der Waals surface area contributed by atoms with Gasteiger partial charge in [-0.25, -0.2) is 9.13 Å². The molecule has 0 unspecified atom stereocenters. The van der Waals surface area contributed by atoms with Gasteiger partial charge in [-0.2, -0.15) is 0 Å². The van der Waals surface area contributed by atoms with Gasteiger partial charge in [0.15, 0.2) is 0 Å². The lowest BCUT2D eigenvalue weighted by Crippen LogP contribution is -2.37. The van der Waals surface area contributed by atoms with Gasteiger partial charge in [-0.3, -0.25) is 0 Å². The van der Waals surface area contributed by atoms with Crippen LogP contribution >= 0.6 is 0 Å². The van der Waals surface area contributed by atoms with Gasteiger partial charge in [-0.15, -0.1) is 0 Å². The zero-order valence-corrected chi connectivity index (χ0v) is 36.0. The summed E-state index contributed by atoms with van der Waals surface area (Å²) in [6.45, 7) is 9.41. The molecule has 0 atom stereocenters. The Morgan fingerprint density at radius 2 is 0.608 bits per heavy atom. The van der Waals surface area contributed by atoms with Crippen molar-refractivity contribution in [1.29, 1.82) is 0 Å². The highest BCUT2D eigenvalue weighted by molar-refractivity contribution is 4.84. The first-order chi connectivity index (χ1) is 25.3. The molecule has 0 aliphatic rings. The summed E-state index contributed by atoms with van der Waals surface area (Å²) < 4.78 is 5.30. The van der Waals surface area contributed by atoms with E-state index in [1.54, 1.807) is 5.82 Å². The van der Waals surface area contributed by atoms with Crippen LogP contribution in [-0.4, -0.2) is 4.57 Å². The molecule has 0 bridgehead atoms. The van der Waals surface area contributed by atoms with E-state index in [-0.39, 0.29) is 0 Å². The van der Waals surface area contributed by atoms with E-state index in [2.05, 4.69) is 42.3 Å². The smallest absolute Gasteiger partial charge is 0.234 e. The first kappa shape index (κ1) is 48.2. The maximum absolute atomic E-state index is 2.65. The molecule has 0 fully saturated rings. The van der Waals surface area contributed by atoms with E-state index in [1.165, 1.54) is 276 Å². The average Bonchev–Trinajstić information content (AvgIpc) is 3.53. The number of aryl methyl sites for hydroxylation is 2. The van der Waals surface area contributed by atoms with Gasteiger partial charge in [0.2, 0.25) is 0 Å². The Bertz CT molecular complexity index is 781. The van der Waals surface area contributed by atoms with Crippen molar-refractivity contribution < 1.29 is 4.57 Å². The fourth-order valence-corrected chi connectivity index (χ4v) is 8.27. The Hall–Kier alpha value is -0.790. The predicted molar refractivity (Wildman–Crippen MR) is 230 cm³/mol. The van der Waals surface area contributed by atoms with Crippen molar-refractivity contribution in [3.63, 3.8) is 0 Å². The molecule has 0 aliphatic heterocycles. The van der Waals surface area contributed by atoms with Crippen LogP contribution in [0.1, 0.15) is 283 Å². The highest BCUT2D eigenvalue weighted by Crippen LogP contribution is 2.17. The van der Waals surface area contributed by atoms with Crippen LogP contribution in [0.4, 0.5) is 0 Å². The largest absolute Gasteiger partial charge is 0.256 e. The topological polar surface area (TPSA) is 8.81 Å². The first-order valence-corrected chi connectivity index (χ1v) is 24.4. The van der Waals surface area contributed by atoms with Crippen molar-refractivity contribution >= 4 is 0 Å². The Labute approximate surface area is 323 Å². The summed E-state index contributed by atoms with van der Waals surface area (Å²) in [6, 6.07) is 0. The summed E-state index contributed by atoms with van der Waals surface area (Å²) in [7, 11) is 0. The molecule has 0 saturated heterocycles. The lowest BCUT2D eigenvalue weighted by atomic mass is 10.0. The summed E-state index contributed by atoms with van der Waals surface area (Å²) in [5, 5.41) is 0. The summed E-state index contributed by atoms with van der Waals surface area (Å²) in [5.41, 5.74) is 0. The fourth-order valence-electron chi connectivity index (χ4n) is 8.27. The summed E-state index contributed by atoms with van der Waals surface area (Å²) in [4.78, 5) is 0. The van der Waals surface area contributed by atoms with Crippen LogP contribution < -0.4 is 4.57 Å². The molecule has 1 aromatic heterocycles. The van der Waals surface area contributed by atoms with E-state index < -0.39 is 0 Å². The van der Waals surface area contributed by atoms with Crippen LogP contribution in [0.5, 0.6) is 0 Å². The van der Waals surface area contributed by atoms with E-state index in [1.807, 2.05) is 0 Å². The first-order valence-electron chi connectivity index (χ1n) is 24.4. The van der Waals surface area contributed by atoms with Gasteiger partial charge in [0, 0.05) is 6.42 Å². The van der Waals surface area contributed by atoms with Gasteiger partial charge < -0.3 is 0 Å². The number of aromatic nitrogens is 2. The minimum Gasteiger partial charge on any atom is -0.234 e. The minimum absolute atomic E-state index is 1.23. The molecule has 0 N–H and O–H groups in total. The summed E-state index contributed by atoms with van der Waals surface area (Å²) >= 11 is 0. The van der Waals surface area contributed by atoms with Crippen molar-refractivity contribution in [3.05, 3.63) is 18.2 Å². The van der Waals surface area contributed by atoms with Crippen molar-refractivity contribution in [2.24, 2.45) is 0 Å². The second-order valence-electron chi connectivity index (χ2n) is 16.9. The lowest BCUT2D eigenvalue weighted by molar-refractivity contribution is -0.704. The van der Waals surface area contributed by atoms with Crippen molar-refractivity contribution in [2.75, 3.05) is 0 Å². The Morgan fingerprint density at radius 1 is 0.333 bits per heavy atom. The maximum atomic E-state index is 2.65. The standard InChI is InChI=1S/C49H97N2/c1-4-7-10-13-16-19-21-23-25-27-29-31-34-37-40-43-46-51-48-47-50(45-42-39-36-33-18-15-12-9-6-3)49(51)44-41-38-35-32-30-28-26-24-22-20-17-14-11-8-5-2/h47-48H,4-46H2,1-3H3/q+1. The lowest BCUT2D eigenvalue weighted by Gasteiger charge is -2.07. The molecule has 1 heterocycles. The molecule has 0 saturated carbocycles. The highest BCUT2D eigenvalue weighted by Gasteiger charge is 2.16. The van der Waals surface area contributed by atoms with Crippen molar-refractivity contribution in [1.82, 2.24) is 4.57 Å².